The lowest BCUT2D eigenvalue weighted by atomic mass is 10.1. The number of hydrogen-bond donors (Lipinski definition) is 1. The highest BCUT2D eigenvalue weighted by atomic mass is 16.5. The predicted molar refractivity (Wildman–Crippen MR) is 130 cm³/mol. The van der Waals surface area contributed by atoms with Gasteiger partial charge >= 0.3 is 0 Å². The fourth-order valence-electron chi connectivity index (χ4n) is 3.94. The monoisotopic (exact) mass is 451 g/mol. The Kier molecular flexibility index (Phi) is 6.83. The maximum absolute atomic E-state index is 12.9. The van der Waals surface area contributed by atoms with E-state index in [1.165, 1.54) is 0 Å². The number of piperazine rings is 1. The maximum atomic E-state index is 12.9. The van der Waals surface area contributed by atoms with E-state index in [9.17, 15) is 4.79 Å². The number of carbonyl (C=O) groups excluding carboxylic acids is 1. The number of fused-ring (bicyclic) bond motifs is 1. The molecule has 1 aliphatic rings. The van der Waals surface area contributed by atoms with Gasteiger partial charge in [0.2, 0.25) is 0 Å². The first-order chi connectivity index (χ1) is 15.8. The zero-order chi connectivity index (χ0) is 23.5. The van der Waals surface area contributed by atoms with Crippen LogP contribution in [0.1, 0.15) is 45.0 Å². The number of likely N-dealkylation sites (N-methyl/N-ethyl adjacent to an activating group) is 1. The molecule has 0 aliphatic carbocycles. The van der Waals surface area contributed by atoms with Crippen LogP contribution in [-0.4, -0.2) is 70.5 Å². The number of oxazole rings is 1. The van der Waals surface area contributed by atoms with Crippen molar-refractivity contribution >= 4 is 23.0 Å². The number of aromatic nitrogens is 2. The minimum atomic E-state index is -0.0174. The maximum Gasteiger partial charge on any atom is 0.296 e. The summed E-state index contributed by atoms with van der Waals surface area (Å²) in [6.07, 6.45) is 1.64. The quantitative estimate of drug-likeness (QED) is 0.574. The Balaban J connectivity index is 1.59. The number of hydrogen-bond acceptors (Lipinski definition) is 7. The van der Waals surface area contributed by atoms with E-state index in [0.29, 0.717) is 28.4 Å². The van der Waals surface area contributed by atoms with E-state index in [2.05, 4.69) is 27.1 Å². The molecule has 8 nitrogen and oxygen atoms in total. The zero-order valence-corrected chi connectivity index (χ0v) is 20.1. The third kappa shape index (κ3) is 5.27. The summed E-state index contributed by atoms with van der Waals surface area (Å²) in [6.45, 7) is 14.5. The number of benzene rings is 1. The van der Waals surface area contributed by atoms with Crippen LogP contribution in [-0.2, 0) is 0 Å². The second kappa shape index (κ2) is 9.79. The van der Waals surface area contributed by atoms with Gasteiger partial charge in [-0.15, -0.1) is 0 Å². The molecule has 1 amide bonds. The molecule has 1 saturated heterocycles. The van der Waals surface area contributed by atoms with Gasteiger partial charge < -0.3 is 24.3 Å². The molecule has 0 spiro atoms. The second-order valence-corrected chi connectivity index (χ2v) is 8.97. The molecule has 3 heterocycles. The van der Waals surface area contributed by atoms with Crippen molar-refractivity contribution in [2.24, 2.45) is 0 Å². The van der Waals surface area contributed by atoms with Crippen molar-refractivity contribution in [2.45, 2.75) is 46.8 Å². The van der Waals surface area contributed by atoms with Crippen molar-refractivity contribution in [1.82, 2.24) is 19.8 Å². The summed E-state index contributed by atoms with van der Waals surface area (Å²) >= 11 is 0. The summed E-state index contributed by atoms with van der Waals surface area (Å²) in [7, 11) is 0. The van der Waals surface area contributed by atoms with E-state index < -0.39 is 0 Å². The van der Waals surface area contributed by atoms with Crippen LogP contribution in [0.25, 0.3) is 22.4 Å². The molecule has 4 rings (SSSR count). The van der Waals surface area contributed by atoms with Gasteiger partial charge in [-0.2, -0.15) is 4.98 Å². The van der Waals surface area contributed by atoms with Crippen molar-refractivity contribution in [1.29, 1.82) is 0 Å². The fourth-order valence-corrected chi connectivity index (χ4v) is 3.94. The van der Waals surface area contributed by atoms with Crippen molar-refractivity contribution < 1.29 is 13.9 Å². The Morgan fingerprint density at radius 1 is 1.15 bits per heavy atom. The average Bonchev–Trinajstić information content (AvgIpc) is 3.20. The van der Waals surface area contributed by atoms with E-state index in [1.54, 1.807) is 6.20 Å². The minimum Gasteiger partial charge on any atom is -0.487 e. The molecule has 176 valence electrons. The highest BCUT2D eigenvalue weighted by molar-refractivity contribution is 5.94. The molecule has 1 fully saturated rings. The molecule has 0 radical (unpaired) electrons. The van der Waals surface area contributed by atoms with Crippen LogP contribution in [0, 0.1) is 0 Å². The molecule has 8 heteroatoms. The molecule has 0 atom stereocenters. The minimum absolute atomic E-state index is 0.0174. The second-order valence-electron chi connectivity index (χ2n) is 8.97. The average molecular weight is 452 g/mol. The lowest BCUT2D eigenvalue weighted by Gasteiger charge is -2.34. The van der Waals surface area contributed by atoms with E-state index in [-0.39, 0.29) is 18.1 Å². The molecule has 0 bridgehead atoms. The molecule has 1 aromatic carbocycles. The number of nitrogens with one attached hydrogen (secondary N) is 1. The lowest BCUT2D eigenvalue weighted by Crippen LogP contribution is -2.48. The van der Waals surface area contributed by atoms with Gasteiger partial charge in [-0.25, -0.2) is 0 Å². The summed E-state index contributed by atoms with van der Waals surface area (Å²) < 4.78 is 11.9. The van der Waals surface area contributed by atoms with Gasteiger partial charge in [0.1, 0.15) is 5.52 Å². The molecule has 0 saturated carbocycles. The molecule has 3 aromatic rings. The highest BCUT2D eigenvalue weighted by Crippen LogP contribution is 2.34. The number of rotatable bonds is 7. The van der Waals surface area contributed by atoms with Gasteiger partial charge in [0.05, 0.1) is 17.4 Å². The van der Waals surface area contributed by atoms with Gasteiger partial charge in [0, 0.05) is 44.0 Å². The highest BCUT2D eigenvalue weighted by Gasteiger charge is 2.22. The fraction of sp³-hybridized carbons (Fsp3) is 0.480. The van der Waals surface area contributed by atoms with Crippen LogP contribution in [0.5, 0.6) is 5.75 Å². The van der Waals surface area contributed by atoms with Gasteiger partial charge in [-0.3, -0.25) is 9.78 Å². The van der Waals surface area contributed by atoms with Gasteiger partial charge in [-0.1, -0.05) is 6.92 Å². The smallest absolute Gasteiger partial charge is 0.296 e. The largest absolute Gasteiger partial charge is 0.487 e. The molecule has 2 aromatic heterocycles. The van der Waals surface area contributed by atoms with E-state index in [4.69, 9.17) is 9.15 Å². The molecule has 1 N–H and O–H groups in total. The summed E-state index contributed by atoms with van der Waals surface area (Å²) in [5.74, 6) is 0.655. The van der Waals surface area contributed by atoms with Crippen molar-refractivity contribution in [2.75, 3.05) is 38.0 Å². The number of anilines is 1. The van der Waals surface area contributed by atoms with Crippen LogP contribution in [0.15, 0.2) is 34.9 Å². The van der Waals surface area contributed by atoms with Crippen LogP contribution in [0.4, 0.5) is 6.01 Å². The molecule has 1 aliphatic heterocycles. The van der Waals surface area contributed by atoms with Gasteiger partial charge in [0.25, 0.3) is 11.9 Å². The van der Waals surface area contributed by atoms with E-state index in [0.717, 1.165) is 44.0 Å². The topological polar surface area (TPSA) is 83.7 Å². The Hall–Kier alpha value is -3.13. The number of carbonyl (C=O) groups is 1. The van der Waals surface area contributed by atoms with Crippen LogP contribution in [0.3, 0.4) is 0 Å². The molecule has 33 heavy (non-hydrogen) atoms. The Labute approximate surface area is 194 Å². The zero-order valence-electron chi connectivity index (χ0n) is 20.1. The van der Waals surface area contributed by atoms with Crippen molar-refractivity contribution in [3.05, 3.63) is 36.0 Å². The van der Waals surface area contributed by atoms with Gasteiger partial charge in [-0.05, 0) is 58.5 Å². The summed E-state index contributed by atoms with van der Waals surface area (Å²) in [6, 6.07) is 8.24. The Bertz CT molecular complexity index is 1100. The lowest BCUT2D eigenvalue weighted by molar-refractivity contribution is 0.0643. The van der Waals surface area contributed by atoms with Crippen molar-refractivity contribution in [3.8, 4) is 17.0 Å². The Morgan fingerprint density at radius 3 is 2.52 bits per heavy atom. The SMILES string of the molecule is CCN1CCN(C(=O)c2ccc(-c3cc(OC(C)C)c4oc(NC(C)C)nc4c3)nc2)CC1. The van der Waals surface area contributed by atoms with Crippen molar-refractivity contribution in [3.63, 3.8) is 0 Å². The van der Waals surface area contributed by atoms with Crippen LogP contribution in [0.2, 0.25) is 0 Å². The predicted octanol–water partition coefficient (Wildman–Crippen LogP) is 4.28. The first-order valence-electron chi connectivity index (χ1n) is 11.7. The first kappa shape index (κ1) is 23.0. The van der Waals surface area contributed by atoms with E-state index in [1.807, 2.05) is 56.9 Å². The van der Waals surface area contributed by atoms with Crippen LogP contribution >= 0.6 is 0 Å². The normalized spacial score (nSPS) is 14.9. The standard InChI is InChI=1S/C25H33N5O3/c1-6-29-9-11-30(12-10-29)24(31)18-7-8-20(26-15-18)19-13-21-23(22(14-19)32-17(4)5)33-25(28-21)27-16(2)3/h7-8,13-17H,6,9-12H2,1-5H3,(H,27,28). The summed E-state index contributed by atoms with van der Waals surface area (Å²) in [4.78, 5) is 26.3. The third-order valence-corrected chi connectivity index (χ3v) is 5.64. The van der Waals surface area contributed by atoms with Gasteiger partial charge in [0.15, 0.2) is 11.3 Å². The number of pyridine rings is 1. The Morgan fingerprint density at radius 2 is 1.91 bits per heavy atom. The van der Waals surface area contributed by atoms with Crippen LogP contribution < -0.4 is 10.1 Å². The summed E-state index contributed by atoms with van der Waals surface area (Å²) in [5.41, 5.74) is 3.52. The molecular weight excluding hydrogens is 418 g/mol. The molecule has 0 unspecified atom stereocenters. The first-order valence-corrected chi connectivity index (χ1v) is 11.7. The number of ether oxygens (including phenoxy) is 1. The summed E-state index contributed by atoms with van der Waals surface area (Å²) in [5, 5.41) is 3.20. The number of amides is 1. The molecular formula is C25H33N5O3. The number of nitrogens with zero attached hydrogens (tertiary/aromatic N) is 4. The van der Waals surface area contributed by atoms with E-state index >= 15 is 0 Å². The third-order valence-electron chi connectivity index (χ3n) is 5.64.